The van der Waals surface area contributed by atoms with Crippen LogP contribution in [0.2, 0.25) is 0 Å². The van der Waals surface area contributed by atoms with Crippen molar-refractivity contribution in [2.45, 2.75) is 50.2 Å². The number of rotatable bonds is 2. The molecule has 1 nitrogen and oxygen atoms in total. The highest BCUT2D eigenvalue weighted by molar-refractivity contribution is 8.23. The minimum Gasteiger partial charge on any atom is -0.479 e. The van der Waals surface area contributed by atoms with Gasteiger partial charge in [0.1, 0.15) is 0 Å². The first-order valence-electron chi connectivity index (χ1n) is 6.55. The first-order valence-corrected chi connectivity index (χ1v) is 7.77. The Kier molecular flexibility index (Phi) is 2.95. The van der Waals surface area contributed by atoms with Gasteiger partial charge in [0.2, 0.25) is 4.38 Å². The van der Waals surface area contributed by atoms with E-state index in [4.69, 9.17) is 17.0 Å². The summed E-state index contributed by atoms with van der Waals surface area (Å²) in [6.07, 6.45) is 8.70. The Morgan fingerprint density at radius 3 is 2.12 bits per heavy atom. The molecule has 0 heterocycles. The Morgan fingerprint density at radius 2 is 1.69 bits per heavy atom. The summed E-state index contributed by atoms with van der Waals surface area (Å²) in [6.45, 7) is 2.74. The van der Waals surface area contributed by atoms with Gasteiger partial charge in [-0.05, 0) is 75.4 Å². The Bertz CT molecular complexity index is 265. The number of thioether (sulfide) groups is 1. The van der Waals surface area contributed by atoms with Gasteiger partial charge in [-0.1, -0.05) is 11.8 Å². The molecular formula is C13H20OS2. The predicted octanol–water partition coefficient (Wildman–Crippen LogP) is 4.01. The minimum absolute atomic E-state index is 0.473. The molecule has 3 heteroatoms. The largest absolute Gasteiger partial charge is 0.479 e. The van der Waals surface area contributed by atoms with E-state index in [0.717, 1.165) is 28.7 Å². The molecule has 4 rings (SSSR count). The molecule has 90 valence electrons. The molecule has 0 aromatic carbocycles. The van der Waals surface area contributed by atoms with E-state index < -0.39 is 0 Å². The summed E-state index contributed by atoms with van der Waals surface area (Å²) in [4.78, 5) is 0. The predicted molar refractivity (Wildman–Crippen MR) is 72.7 cm³/mol. The fourth-order valence-electron chi connectivity index (χ4n) is 4.48. The average molecular weight is 256 g/mol. The van der Waals surface area contributed by atoms with Gasteiger partial charge in [0.15, 0.2) is 0 Å². The van der Waals surface area contributed by atoms with Crippen LogP contribution in [-0.4, -0.2) is 15.7 Å². The van der Waals surface area contributed by atoms with Crippen molar-refractivity contribution in [1.29, 1.82) is 0 Å². The van der Waals surface area contributed by atoms with Gasteiger partial charge < -0.3 is 4.74 Å². The van der Waals surface area contributed by atoms with Gasteiger partial charge in [0, 0.05) is 4.75 Å². The van der Waals surface area contributed by atoms with Gasteiger partial charge in [-0.3, -0.25) is 0 Å². The second-order valence-electron chi connectivity index (χ2n) is 5.89. The summed E-state index contributed by atoms with van der Waals surface area (Å²) in [7, 11) is 0. The van der Waals surface area contributed by atoms with Crippen molar-refractivity contribution < 1.29 is 4.74 Å². The van der Waals surface area contributed by atoms with Crippen LogP contribution in [-0.2, 0) is 4.74 Å². The topological polar surface area (TPSA) is 9.23 Å². The van der Waals surface area contributed by atoms with Crippen molar-refractivity contribution in [2.75, 3.05) is 6.61 Å². The van der Waals surface area contributed by atoms with E-state index in [1.807, 2.05) is 18.7 Å². The number of ether oxygens (including phenoxy) is 1. The lowest BCUT2D eigenvalue weighted by molar-refractivity contribution is 0.0387. The third kappa shape index (κ3) is 2.01. The van der Waals surface area contributed by atoms with Gasteiger partial charge >= 0.3 is 0 Å². The monoisotopic (exact) mass is 256 g/mol. The fourth-order valence-corrected chi connectivity index (χ4v) is 6.62. The second kappa shape index (κ2) is 4.16. The molecule has 0 radical (unpaired) electrons. The Labute approximate surface area is 108 Å². The van der Waals surface area contributed by atoms with E-state index in [1.54, 1.807) is 0 Å². The highest BCUT2D eigenvalue weighted by atomic mass is 32.2. The molecule has 0 aromatic heterocycles. The van der Waals surface area contributed by atoms with E-state index in [2.05, 4.69) is 0 Å². The lowest BCUT2D eigenvalue weighted by Gasteiger charge is -2.56. The molecule has 0 aliphatic heterocycles. The van der Waals surface area contributed by atoms with E-state index in [9.17, 15) is 0 Å². The van der Waals surface area contributed by atoms with Crippen LogP contribution in [0.15, 0.2) is 0 Å². The van der Waals surface area contributed by atoms with Crippen LogP contribution in [0.25, 0.3) is 0 Å². The molecule has 0 aromatic rings. The van der Waals surface area contributed by atoms with Crippen LogP contribution < -0.4 is 0 Å². The van der Waals surface area contributed by atoms with Crippen LogP contribution >= 0.6 is 24.0 Å². The van der Waals surface area contributed by atoms with E-state index in [1.165, 1.54) is 38.5 Å². The quantitative estimate of drug-likeness (QED) is 0.691. The van der Waals surface area contributed by atoms with Crippen molar-refractivity contribution >= 4 is 28.4 Å². The first-order chi connectivity index (χ1) is 7.69. The molecule has 0 N–H and O–H groups in total. The molecule has 4 aliphatic rings. The summed E-state index contributed by atoms with van der Waals surface area (Å²) < 4.78 is 6.74. The molecule has 16 heavy (non-hydrogen) atoms. The summed E-state index contributed by atoms with van der Waals surface area (Å²) in [5.41, 5.74) is 0. The number of hydrogen-bond donors (Lipinski definition) is 0. The third-order valence-electron chi connectivity index (χ3n) is 4.54. The zero-order valence-corrected chi connectivity index (χ0v) is 11.5. The molecule has 0 unspecified atom stereocenters. The Balaban J connectivity index is 1.71. The first kappa shape index (κ1) is 11.3. The molecule has 4 aliphatic carbocycles. The average Bonchev–Trinajstić information content (AvgIpc) is 2.13. The molecule has 0 amide bonds. The Hall–Kier alpha value is 0.240. The summed E-state index contributed by atoms with van der Waals surface area (Å²) in [5.74, 6) is 3.01. The van der Waals surface area contributed by atoms with Gasteiger partial charge in [-0.2, -0.15) is 0 Å². The highest BCUT2D eigenvalue weighted by Gasteiger charge is 2.51. The minimum atomic E-state index is 0.473. The normalized spacial score (nSPS) is 44.7. The maximum Gasteiger partial charge on any atom is 0.220 e. The fraction of sp³-hybridized carbons (Fsp3) is 0.923. The summed E-state index contributed by atoms with van der Waals surface area (Å²) in [5, 5.41) is 0. The maximum atomic E-state index is 5.48. The van der Waals surface area contributed by atoms with Gasteiger partial charge in [-0.25, -0.2) is 0 Å². The second-order valence-corrected chi connectivity index (χ2v) is 7.96. The molecule has 0 saturated heterocycles. The smallest absolute Gasteiger partial charge is 0.220 e. The van der Waals surface area contributed by atoms with Crippen LogP contribution in [0.4, 0.5) is 0 Å². The van der Waals surface area contributed by atoms with Gasteiger partial charge in [-0.15, -0.1) is 0 Å². The van der Waals surface area contributed by atoms with Crippen LogP contribution in [0.1, 0.15) is 45.4 Å². The lowest BCUT2D eigenvalue weighted by atomic mass is 9.56. The Morgan fingerprint density at radius 1 is 1.19 bits per heavy atom. The van der Waals surface area contributed by atoms with E-state index in [0.29, 0.717) is 4.75 Å². The molecule has 0 atom stereocenters. The van der Waals surface area contributed by atoms with Crippen molar-refractivity contribution in [3.63, 3.8) is 0 Å². The van der Waals surface area contributed by atoms with Gasteiger partial charge in [0.25, 0.3) is 0 Å². The van der Waals surface area contributed by atoms with Crippen LogP contribution in [0, 0.1) is 17.8 Å². The van der Waals surface area contributed by atoms with Crippen LogP contribution in [0.3, 0.4) is 0 Å². The summed E-state index contributed by atoms with van der Waals surface area (Å²) >= 11 is 7.22. The SMILES string of the molecule is CCOC(=S)SC12CC3CC(CC(C3)C1)C2. The standard InChI is InChI=1S/C13H20OS2/c1-2-14-12(15)16-13-6-9-3-10(7-13)5-11(4-9)8-13/h9-11H,2-8H2,1H3. The molecule has 0 spiro atoms. The van der Waals surface area contributed by atoms with Gasteiger partial charge in [0.05, 0.1) is 6.61 Å². The molecule has 4 bridgehead atoms. The number of hydrogen-bond acceptors (Lipinski definition) is 3. The van der Waals surface area contributed by atoms with Crippen molar-refractivity contribution in [3.8, 4) is 0 Å². The van der Waals surface area contributed by atoms with E-state index >= 15 is 0 Å². The maximum absolute atomic E-state index is 5.48. The molecule has 4 saturated carbocycles. The summed E-state index contributed by atoms with van der Waals surface area (Å²) in [6, 6.07) is 0. The molecule has 4 fully saturated rings. The number of thiocarbonyl (C=S) groups is 1. The van der Waals surface area contributed by atoms with Crippen molar-refractivity contribution in [1.82, 2.24) is 0 Å². The lowest BCUT2D eigenvalue weighted by Crippen LogP contribution is -2.49. The zero-order chi connectivity index (χ0) is 11.2. The zero-order valence-electron chi connectivity index (χ0n) is 9.91. The van der Waals surface area contributed by atoms with Crippen molar-refractivity contribution in [2.24, 2.45) is 17.8 Å². The van der Waals surface area contributed by atoms with Crippen molar-refractivity contribution in [3.05, 3.63) is 0 Å². The van der Waals surface area contributed by atoms with E-state index in [-0.39, 0.29) is 0 Å². The third-order valence-corrected chi connectivity index (χ3v) is 6.13. The van der Waals surface area contributed by atoms with Crippen LogP contribution in [0.5, 0.6) is 0 Å². The highest BCUT2D eigenvalue weighted by Crippen LogP contribution is 2.60. The molecular weight excluding hydrogens is 236 g/mol.